The third kappa shape index (κ3) is 8.19. The van der Waals surface area contributed by atoms with Crippen molar-refractivity contribution in [2.75, 3.05) is 13.2 Å². The van der Waals surface area contributed by atoms with Gasteiger partial charge in [-0.1, -0.05) is 26.3 Å². The van der Waals surface area contributed by atoms with Crippen LogP contribution in [0.4, 0.5) is 0 Å². The fourth-order valence-electron chi connectivity index (χ4n) is 1.42. The Kier molecular flexibility index (Phi) is 11.1. The lowest BCUT2D eigenvalue weighted by molar-refractivity contribution is 0.305. The van der Waals surface area contributed by atoms with E-state index in [-0.39, 0.29) is 24.0 Å². The molecule has 0 saturated heterocycles. The molecule has 20 heavy (non-hydrogen) atoms. The van der Waals surface area contributed by atoms with Gasteiger partial charge in [-0.2, -0.15) is 0 Å². The van der Waals surface area contributed by atoms with E-state index in [1.807, 2.05) is 12.1 Å². The van der Waals surface area contributed by atoms with Crippen LogP contribution in [0.2, 0.25) is 0 Å². The van der Waals surface area contributed by atoms with Crippen molar-refractivity contribution in [3.05, 3.63) is 23.9 Å². The zero-order valence-electron chi connectivity index (χ0n) is 12.3. The van der Waals surface area contributed by atoms with Crippen molar-refractivity contribution in [1.82, 2.24) is 10.3 Å². The van der Waals surface area contributed by atoms with Crippen molar-refractivity contribution < 1.29 is 4.74 Å². The molecule has 0 saturated carbocycles. The topological polar surface area (TPSA) is 72.5 Å². The molecule has 3 N–H and O–H groups in total. The number of ether oxygens (including phenoxy) is 1. The number of aromatic nitrogens is 1. The quantitative estimate of drug-likeness (QED) is 0.309. The Morgan fingerprint density at radius 3 is 2.75 bits per heavy atom. The van der Waals surface area contributed by atoms with E-state index < -0.39 is 0 Å². The summed E-state index contributed by atoms with van der Waals surface area (Å²) < 4.78 is 5.42. The lowest BCUT2D eigenvalue weighted by Gasteiger charge is -2.05. The van der Waals surface area contributed by atoms with E-state index in [1.165, 1.54) is 0 Å². The Morgan fingerprint density at radius 2 is 2.15 bits per heavy atom. The predicted octanol–water partition coefficient (Wildman–Crippen LogP) is 2.69. The van der Waals surface area contributed by atoms with Gasteiger partial charge in [-0.25, -0.2) is 9.98 Å². The SMILES string of the molecule is CCCCNC(N)=NCc1ccc(OCCC)nc1.I. The molecule has 0 spiro atoms. The van der Waals surface area contributed by atoms with Crippen LogP contribution in [-0.2, 0) is 6.54 Å². The van der Waals surface area contributed by atoms with E-state index in [2.05, 4.69) is 29.1 Å². The number of rotatable bonds is 8. The number of hydrogen-bond acceptors (Lipinski definition) is 3. The number of nitrogens with two attached hydrogens (primary N) is 1. The minimum absolute atomic E-state index is 0. The van der Waals surface area contributed by atoms with Crippen LogP contribution in [0.5, 0.6) is 5.88 Å². The van der Waals surface area contributed by atoms with Crippen LogP contribution in [0.25, 0.3) is 0 Å². The minimum atomic E-state index is 0. The normalized spacial score (nSPS) is 10.8. The monoisotopic (exact) mass is 392 g/mol. The summed E-state index contributed by atoms with van der Waals surface area (Å²) in [5, 5.41) is 3.08. The summed E-state index contributed by atoms with van der Waals surface area (Å²) in [7, 11) is 0. The fourth-order valence-corrected chi connectivity index (χ4v) is 1.42. The van der Waals surface area contributed by atoms with Gasteiger partial charge >= 0.3 is 0 Å². The van der Waals surface area contributed by atoms with Gasteiger partial charge in [0.1, 0.15) is 0 Å². The zero-order valence-corrected chi connectivity index (χ0v) is 14.6. The summed E-state index contributed by atoms with van der Waals surface area (Å²) in [5.41, 5.74) is 6.77. The maximum absolute atomic E-state index is 5.75. The molecule has 0 fully saturated rings. The van der Waals surface area contributed by atoms with Crippen LogP contribution in [-0.4, -0.2) is 24.1 Å². The minimum Gasteiger partial charge on any atom is -0.478 e. The van der Waals surface area contributed by atoms with Gasteiger partial charge in [-0.15, -0.1) is 24.0 Å². The second-order valence-electron chi connectivity index (χ2n) is 4.33. The van der Waals surface area contributed by atoms with Crippen molar-refractivity contribution in [2.45, 2.75) is 39.7 Å². The lowest BCUT2D eigenvalue weighted by Crippen LogP contribution is -2.32. The molecule has 0 aromatic carbocycles. The Bertz CT molecular complexity index is 381. The Hall–Kier alpha value is -1.05. The predicted molar refractivity (Wildman–Crippen MR) is 93.7 cm³/mol. The Balaban J connectivity index is 0.00000361. The van der Waals surface area contributed by atoms with Crippen LogP contribution < -0.4 is 15.8 Å². The number of unbranched alkanes of at least 4 members (excludes halogenated alkanes) is 1. The number of hydrogen-bond donors (Lipinski definition) is 2. The number of halogens is 1. The molecule has 6 heteroatoms. The average Bonchev–Trinajstić information content (AvgIpc) is 2.44. The molecular weight excluding hydrogens is 367 g/mol. The molecule has 0 aliphatic rings. The van der Waals surface area contributed by atoms with Crippen LogP contribution in [0.15, 0.2) is 23.3 Å². The summed E-state index contributed by atoms with van der Waals surface area (Å²) in [6.45, 7) is 6.30. The van der Waals surface area contributed by atoms with Crippen molar-refractivity contribution in [2.24, 2.45) is 10.7 Å². The van der Waals surface area contributed by atoms with Crippen molar-refractivity contribution in [3.63, 3.8) is 0 Å². The molecule has 0 amide bonds. The van der Waals surface area contributed by atoms with E-state index in [9.17, 15) is 0 Å². The molecule has 114 valence electrons. The molecular formula is C14H25IN4O. The number of pyridine rings is 1. The zero-order chi connectivity index (χ0) is 13.9. The third-order valence-corrected chi connectivity index (χ3v) is 2.52. The highest BCUT2D eigenvalue weighted by Crippen LogP contribution is 2.08. The van der Waals surface area contributed by atoms with E-state index in [1.54, 1.807) is 6.20 Å². The molecule has 1 aromatic heterocycles. The molecule has 1 rings (SSSR count). The maximum Gasteiger partial charge on any atom is 0.213 e. The summed E-state index contributed by atoms with van der Waals surface area (Å²) in [4.78, 5) is 8.48. The highest BCUT2D eigenvalue weighted by molar-refractivity contribution is 14.0. The highest BCUT2D eigenvalue weighted by atomic mass is 127. The molecule has 0 radical (unpaired) electrons. The molecule has 1 heterocycles. The third-order valence-electron chi connectivity index (χ3n) is 2.52. The molecule has 0 aliphatic carbocycles. The van der Waals surface area contributed by atoms with Gasteiger partial charge in [0.05, 0.1) is 13.2 Å². The number of guanidine groups is 1. The Labute approximate surface area is 138 Å². The molecule has 5 nitrogen and oxygen atoms in total. The van der Waals surface area contributed by atoms with Gasteiger partial charge in [0.15, 0.2) is 5.96 Å². The first-order valence-corrected chi connectivity index (χ1v) is 6.87. The van der Waals surface area contributed by atoms with Gasteiger partial charge in [0, 0.05) is 18.8 Å². The van der Waals surface area contributed by atoms with Gasteiger partial charge < -0.3 is 15.8 Å². The van der Waals surface area contributed by atoms with Crippen LogP contribution in [0.1, 0.15) is 38.7 Å². The van der Waals surface area contributed by atoms with Crippen molar-refractivity contribution in [3.8, 4) is 5.88 Å². The van der Waals surface area contributed by atoms with Crippen LogP contribution in [0, 0.1) is 0 Å². The molecule has 0 bridgehead atoms. The fraction of sp³-hybridized carbons (Fsp3) is 0.571. The van der Waals surface area contributed by atoms with Gasteiger partial charge in [0.2, 0.25) is 5.88 Å². The lowest BCUT2D eigenvalue weighted by atomic mass is 10.3. The smallest absolute Gasteiger partial charge is 0.213 e. The summed E-state index contributed by atoms with van der Waals surface area (Å²) in [6.07, 6.45) is 4.99. The van der Waals surface area contributed by atoms with E-state index >= 15 is 0 Å². The number of nitrogens with zero attached hydrogens (tertiary/aromatic N) is 2. The second kappa shape index (κ2) is 11.7. The van der Waals surface area contributed by atoms with Gasteiger partial charge in [-0.05, 0) is 18.4 Å². The molecule has 0 unspecified atom stereocenters. The number of nitrogens with one attached hydrogen (secondary N) is 1. The van der Waals surface area contributed by atoms with E-state index in [4.69, 9.17) is 10.5 Å². The van der Waals surface area contributed by atoms with Crippen LogP contribution >= 0.6 is 24.0 Å². The summed E-state index contributed by atoms with van der Waals surface area (Å²) in [6, 6.07) is 3.82. The first-order chi connectivity index (χ1) is 9.26. The first kappa shape index (κ1) is 18.9. The van der Waals surface area contributed by atoms with Crippen LogP contribution in [0.3, 0.4) is 0 Å². The maximum atomic E-state index is 5.75. The van der Waals surface area contributed by atoms with Crippen molar-refractivity contribution in [1.29, 1.82) is 0 Å². The standard InChI is InChI=1S/C14H24N4O.HI/c1-3-5-8-16-14(15)18-11-12-6-7-13(17-10-12)19-9-4-2;/h6-7,10H,3-5,8-9,11H2,1-2H3,(H3,15,16,18);1H. The second-order valence-corrected chi connectivity index (χ2v) is 4.33. The van der Waals surface area contributed by atoms with Gasteiger partial charge in [0.25, 0.3) is 0 Å². The molecule has 0 atom stereocenters. The largest absolute Gasteiger partial charge is 0.478 e. The highest BCUT2D eigenvalue weighted by Gasteiger charge is 1.97. The molecule has 1 aromatic rings. The van der Waals surface area contributed by atoms with E-state index in [0.717, 1.165) is 31.4 Å². The summed E-state index contributed by atoms with van der Waals surface area (Å²) >= 11 is 0. The molecule has 0 aliphatic heterocycles. The van der Waals surface area contributed by atoms with E-state index in [0.29, 0.717) is 25.0 Å². The summed E-state index contributed by atoms with van der Waals surface area (Å²) in [5.74, 6) is 1.14. The Morgan fingerprint density at radius 1 is 1.35 bits per heavy atom. The van der Waals surface area contributed by atoms with Gasteiger partial charge in [-0.3, -0.25) is 0 Å². The van der Waals surface area contributed by atoms with Crippen molar-refractivity contribution >= 4 is 29.9 Å². The average molecular weight is 392 g/mol. The number of aliphatic imine (C=N–C) groups is 1. The first-order valence-electron chi connectivity index (χ1n) is 6.87.